The fourth-order valence-electron chi connectivity index (χ4n) is 1.52. The van der Waals surface area contributed by atoms with Gasteiger partial charge in [-0.2, -0.15) is 0 Å². The summed E-state index contributed by atoms with van der Waals surface area (Å²) in [5.74, 6) is 0. The lowest BCUT2D eigenvalue weighted by atomic mass is 9.98. The van der Waals surface area contributed by atoms with Crippen LogP contribution in [0.5, 0.6) is 0 Å². The zero-order valence-electron chi connectivity index (χ0n) is 6.85. The Morgan fingerprint density at radius 3 is 2.25 bits per heavy atom. The van der Waals surface area contributed by atoms with Gasteiger partial charge < -0.3 is 0 Å². The highest BCUT2D eigenvalue weighted by Gasteiger charge is 2.66. The Bertz CT molecular complexity index is 294. The number of hydrogen-bond donors (Lipinski definition) is 0. The minimum absolute atomic E-state index is 0.422. The molecule has 2 rings (SSSR count). The quantitative estimate of drug-likeness (QED) is 0.588. The molecule has 0 amide bonds. The third-order valence-corrected chi connectivity index (χ3v) is 3.22. The molecule has 0 bridgehead atoms. The second-order valence-electron chi connectivity index (χ2n) is 3.58. The molecule has 0 N–H and O–H groups in total. The second-order valence-corrected chi connectivity index (χ2v) is 4.18. The van der Waals surface area contributed by atoms with E-state index in [9.17, 15) is 4.39 Å². The molecule has 0 nitrogen and oxygen atoms in total. The van der Waals surface area contributed by atoms with Crippen molar-refractivity contribution in [3.63, 3.8) is 0 Å². The number of benzene rings is 1. The van der Waals surface area contributed by atoms with Gasteiger partial charge in [-0.15, -0.1) is 0 Å². The Morgan fingerprint density at radius 1 is 1.33 bits per heavy atom. The summed E-state index contributed by atoms with van der Waals surface area (Å²) in [4.78, 5) is 0. The van der Waals surface area contributed by atoms with Gasteiger partial charge in [0.2, 0.25) is 0 Å². The maximum atomic E-state index is 13.3. The van der Waals surface area contributed by atoms with Crippen molar-refractivity contribution in [3.05, 3.63) is 35.9 Å². The molecular weight excluding hydrogens is 175 g/mol. The lowest BCUT2D eigenvalue weighted by Gasteiger charge is -2.10. The van der Waals surface area contributed by atoms with E-state index in [4.69, 9.17) is 11.6 Å². The normalized spacial score (nSPS) is 39.6. The van der Waals surface area contributed by atoms with Crippen LogP contribution in [-0.2, 0) is 5.41 Å². The maximum Gasteiger partial charge on any atom is 0.194 e. The highest BCUT2D eigenvalue weighted by atomic mass is 35.5. The van der Waals surface area contributed by atoms with Crippen molar-refractivity contribution in [1.82, 2.24) is 0 Å². The Hall–Kier alpha value is -0.560. The zero-order chi connectivity index (χ0) is 8.82. The Kier molecular flexibility index (Phi) is 1.50. The highest BCUT2D eigenvalue weighted by Crippen LogP contribution is 2.62. The summed E-state index contributed by atoms with van der Waals surface area (Å²) >= 11 is 5.62. The molecule has 64 valence electrons. The minimum Gasteiger partial charge on any atom is -0.225 e. The van der Waals surface area contributed by atoms with Crippen molar-refractivity contribution < 1.29 is 4.39 Å². The molecule has 0 radical (unpaired) electrons. The topological polar surface area (TPSA) is 0 Å². The van der Waals surface area contributed by atoms with Crippen LogP contribution in [0.2, 0.25) is 0 Å². The monoisotopic (exact) mass is 184 g/mol. The first kappa shape index (κ1) is 8.06. The number of rotatable bonds is 1. The van der Waals surface area contributed by atoms with Crippen molar-refractivity contribution in [3.8, 4) is 0 Å². The summed E-state index contributed by atoms with van der Waals surface area (Å²) in [5.41, 5.74) is 0.526. The van der Waals surface area contributed by atoms with Crippen LogP contribution in [0, 0.1) is 0 Å². The van der Waals surface area contributed by atoms with E-state index in [0.29, 0.717) is 6.42 Å². The number of halogens is 2. The molecule has 0 heterocycles. The SMILES string of the molecule is C[C@@]1(c2ccccc2)CC1(F)Cl. The van der Waals surface area contributed by atoms with Gasteiger partial charge in [0.1, 0.15) is 0 Å². The van der Waals surface area contributed by atoms with Crippen molar-refractivity contribution in [1.29, 1.82) is 0 Å². The van der Waals surface area contributed by atoms with Crippen molar-refractivity contribution >= 4 is 11.6 Å². The molecule has 1 unspecified atom stereocenters. The molecular formula is C10H10ClF. The van der Waals surface area contributed by atoms with Crippen LogP contribution in [0.1, 0.15) is 18.9 Å². The maximum absolute atomic E-state index is 13.3. The molecule has 12 heavy (non-hydrogen) atoms. The fourth-order valence-corrected chi connectivity index (χ4v) is 1.90. The van der Waals surface area contributed by atoms with Crippen LogP contribution in [-0.4, -0.2) is 5.13 Å². The van der Waals surface area contributed by atoms with Gasteiger partial charge in [0.15, 0.2) is 5.13 Å². The van der Waals surface area contributed by atoms with Crippen LogP contribution < -0.4 is 0 Å². The third kappa shape index (κ3) is 0.962. The molecule has 1 fully saturated rings. The summed E-state index contributed by atoms with van der Waals surface area (Å²) in [6.45, 7) is 1.86. The molecule has 1 aliphatic carbocycles. The summed E-state index contributed by atoms with van der Waals surface area (Å²) in [7, 11) is 0. The predicted octanol–water partition coefficient (Wildman–Crippen LogP) is 3.25. The van der Waals surface area contributed by atoms with Crippen LogP contribution in [0.4, 0.5) is 4.39 Å². The van der Waals surface area contributed by atoms with Crippen LogP contribution >= 0.6 is 11.6 Å². The largest absolute Gasteiger partial charge is 0.225 e. The standard InChI is InChI=1S/C10H10ClF/c1-9(7-10(9,11)12)8-5-3-2-4-6-8/h2-6H,7H2,1H3/t9-,10?/m0/s1. The Balaban J connectivity index is 2.35. The van der Waals surface area contributed by atoms with Gasteiger partial charge in [0, 0.05) is 11.8 Å². The van der Waals surface area contributed by atoms with Gasteiger partial charge in [0.25, 0.3) is 0 Å². The molecule has 0 aliphatic heterocycles. The summed E-state index contributed by atoms with van der Waals surface area (Å²) in [6, 6.07) is 9.58. The van der Waals surface area contributed by atoms with E-state index in [1.807, 2.05) is 37.3 Å². The average Bonchev–Trinajstić information content (AvgIpc) is 2.55. The van der Waals surface area contributed by atoms with Crippen LogP contribution in [0.25, 0.3) is 0 Å². The highest BCUT2D eigenvalue weighted by molar-refractivity contribution is 6.26. The van der Waals surface area contributed by atoms with Gasteiger partial charge in [0.05, 0.1) is 0 Å². The van der Waals surface area contributed by atoms with E-state index in [1.165, 1.54) is 0 Å². The Morgan fingerprint density at radius 2 is 1.83 bits per heavy atom. The first-order chi connectivity index (χ1) is 5.56. The van der Waals surface area contributed by atoms with E-state index in [-0.39, 0.29) is 0 Å². The lowest BCUT2D eigenvalue weighted by Crippen LogP contribution is -2.09. The molecule has 1 aromatic carbocycles. The van der Waals surface area contributed by atoms with Gasteiger partial charge in [-0.3, -0.25) is 0 Å². The van der Waals surface area contributed by atoms with E-state index < -0.39 is 10.5 Å². The van der Waals surface area contributed by atoms with Crippen molar-refractivity contribution in [2.75, 3.05) is 0 Å². The Labute approximate surface area is 76.4 Å². The predicted molar refractivity (Wildman–Crippen MR) is 48.1 cm³/mol. The van der Waals surface area contributed by atoms with E-state index >= 15 is 0 Å². The lowest BCUT2D eigenvalue weighted by molar-refractivity contribution is 0.382. The van der Waals surface area contributed by atoms with Gasteiger partial charge in [-0.25, -0.2) is 4.39 Å². The summed E-state index contributed by atoms with van der Waals surface area (Å²) < 4.78 is 13.3. The molecule has 0 aromatic heterocycles. The van der Waals surface area contributed by atoms with Gasteiger partial charge in [-0.1, -0.05) is 48.9 Å². The molecule has 2 heteroatoms. The average molecular weight is 185 g/mol. The number of alkyl halides is 2. The van der Waals surface area contributed by atoms with Gasteiger partial charge in [-0.05, 0) is 5.56 Å². The molecule has 1 saturated carbocycles. The van der Waals surface area contributed by atoms with E-state index in [2.05, 4.69) is 0 Å². The summed E-state index contributed by atoms with van der Waals surface area (Å²) in [6.07, 6.45) is 0.422. The number of hydrogen-bond acceptors (Lipinski definition) is 0. The smallest absolute Gasteiger partial charge is 0.194 e. The molecule has 1 aromatic rings. The second kappa shape index (κ2) is 2.23. The van der Waals surface area contributed by atoms with Crippen molar-refractivity contribution in [2.45, 2.75) is 23.9 Å². The molecule has 0 spiro atoms. The van der Waals surface area contributed by atoms with Crippen LogP contribution in [0.15, 0.2) is 30.3 Å². The van der Waals surface area contributed by atoms with Gasteiger partial charge >= 0.3 is 0 Å². The molecule has 1 aliphatic rings. The third-order valence-electron chi connectivity index (χ3n) is 2.67. The molecule has 2 atom stereocenters. The van der Waals surface area contributed by atoms with Crippen molar-refractivity contribution in [2.24, 2.45) is 0 Å². The zero-order valence-corrected chi connectivity index (χ0v) is 7.61. The fraction of sp³-hybridized carbons (Fsp3) is 0.400. The first-order valence-electron chi connectivity index (χ1n) is 4.00. The first-order valence-corrected chi connectivity index (χ1v) is 4.37. The molecule has 0 saturated heterocycles. The van der Waals surface area contributed by atoms with E-state index in [0.717, 1.165) is 5.56 Å². The minimum atomic E-state index is -1.52. The summed E-state index contributed by atoms with van der Waals surface area (Å²) in [5, 5.41) is -1.52. The van der Waals surface area contributed by atoms with Crippen LogP contribution in [0.3, 0.4) is 0 Å². The van der Waals surface area contributed by atoms with E-state index in [1.54, 1.807) is 0 Å².